The lowest BCUT2D eigenvalue weighted by Gasteiger charge is -2.43. The third-order valence-corrected chi connectivity index (χ3v) is 11.6. The zero-order chi connectivity index (χ0) is 25.1. The minimum Gasteiger partial charge on any atom is -0.493 e. The molecule has 0 saturated heterocycles. The van der Waals surface area contributed by atoms with Crippen LogP contribution >= 0.6 is 0 Å². The number of aromatic hydroxyl groups is 1. The van der Waals surface area contributed by atoms with E-state index in [-0.39, 0.29) is 16.6 Å². The number of imidazole rings is 1. The Labute approximate surface area is 208 Å². The molecule has 0 unspecified atom stereocenters. The minimum atomic E-state index is -2.67. The van der Waals surface area contributed by atoms with Crippen LogP contribution in [0.5, 0.6) is 5.88 Å². The van der Waals surface area contributed by atoms with Crippen molar-refractivity contribution in [3.8, 4) is 5.88 Å². The Morgan fingerprint density at radius 1 is 0.886 bits per heavy atom. The average molecular weight is 487 g/mol. The van der Waals surface area contributed by atoms with Gasteiger partial charge >= 0.3 is 5.69 Å². The molecule has 0 aliphatic carbocycles. The van der Waals surface area contributed by atoms with Crippen LogP contribution in [0.2, 0.25) is 5.04 Å². The topological polar surface area (TPSA) is 67.2 Å². The molecule has 0 radical (unpaired) electrons. The molecule has 0 bridgehead atoms. The van der Waals surface area contributed by atoms with Crippen molar-refractivity contribution in [1.29, 1.82) is 0 Å². The van der Waals surface area contributed by atoms with E-state index in [1.54, 1.807) is 0 Å². The van der Waals surface area contributed by atoms with Crippen LogP contribution in [0.1, 0.15) is 37.6 Å². The summed E-state index contributed by atoms with van der Waals surface area (Å²) in [7, 11) is -2.67. The summed E-state index contributed by atoms with van der Waals surface area (Å²) in [6, 6.07) is 28.9. The number of aromatic amines is 1. The molecular formula is C29H34N2O3Si. The highest BCUT2D eigenvalue weighted by atomic mass is 28.4. The summed E-state index contributed by atoms with van der Waals surface area (Å²) in [5.41, 5.74) is 2.30. The molecule has 0 saturated carbocycles. The first-order chi connectivity index (χ1) is 16.7. The quantitative estimate of drug-likeness (QED) is 0.364. The number of H-pyrrole nitrogens is 1. The van der Waals surface area contributed by atoms with Crippen LogP contribution in [-0.2, 0) is 17.4 Å². The largest absolute Gasteiger partial charge is 0.493 e. The Morgan fingerprint density at radius 3 is 1.94 bits per heavy atom. The normalized spacial score (nSPS) is 12.1. The molecule has 4 rings (SSSR count). The van der Waals surface area contributed by atoms with Crippen molar-refractivity contribution < 1.29 is 9.53 Å². The number of aryl methyl sites for hydroxylation is 1. The number of hydrogen-bond acceptors (Lipinski definition) is 3. The zero-order valence-corrected chi connectivity index (χ0v) is 21.9. The number of aromatic nitrogens is 2. The van der Waals surface area contributed by atoms with Gasteiger partial charge in [-0.3, -0.25) is 4.57 Å². The van der Waals surface area contributed by atoms with Gasteiger partial charge in [-0.15, -0.1) is 0 Å². The van der Waals surface area contributed by atoms with Gasteiger partial charge in [-0.2, -0.15) is 0 Å². The molecule has 35 heavy (non-hydrogen) atoms. The van der Waals surface area contributed by atoms with E-state index in [9.17, 15) is 9.90 Å². The Hall–Kier alpha value is -3.35. The number of nitrogens with one attached hydrogen (secondary N) is 1. The lowest BCUT2D eigenvalue weighted by atomic mass is 10.1. The minimum absolute atomic E-state index is 0.0263. The summed E-state index contributed by atoms with van der Waals surface area (Å²) in [6.45, 7) is 9.42. The van der Waals surface area contributed by atoms with Crippen molar-refractivity contribution in [2.45, 2.75) is 45.7 Å². The molecule has 182 valence electrons. The van der Waals surface area contributed by atoms with Gasteiger partial charge in [-0.05, 0) is 27.9 Å². The predicted octanol–water partition coefficient (Wildman–Crippen LogP) is 4.36. The standard InChI is InChI=1S/C29H34N2O3Si/c1-22-15-17-23(18-16-22)21-31-27(32)26(30-28(31)33)19-20-34-35(29(2,3)4,24-11-7-5-8-12-24)25-13-9-6-10-14-25/h5-18,32H,19-21H2,1-4H3,(H,30,33). The maximum atomic E-state index is 12.6. The first kappa shape index (κ1) is 24.8. The first-order valence-corrected chi connectivity index (χ1v) is 13.9. The van der Waals surface area contributed by atoms with E-state index in [1.165, 1.54) is 14.9 Å². The van der Waals surface area contributed by atoms with E-state index in [1.807, 2.05) is 43.3 Å². The highest BCUT2D eigenvalue weighted by Crippen LogP contribution is 2.36. The van der Waals surface area contributed by atoms with Gasteiger partial charge in [0.15, 0.2) is 0 Å². The molecule has 1 heterocycles. The van der Waals surface area contributed by atoms with Crippen molar-refractivity contribution in [3.63, 3.8) is 0 Å². The summed E-state index contributed by atoms with van der Waals surface area (Å²) < 4.78 is 8.28. The van der Waals surface area contributed by atoms with Gasteiger partial charge in [-0.1, -0.05) is 111 Å². The lowest BCUT2D eigenvalue weighted by molar-refractivity contribution is 0.298. The fourth-order valence-electron chi connectivity index (χ4n) is 4.78. The smallest absolute Gasteiger partial charge is 0.328 e. The van der Waals surface area contributed by atoms with E-state index in [0.717, 1.165) is 11.1 Å². The Balaban J connectivity index is 1.61. The van der Waals surface area contributed by atoms with Crippen molar-refractivity contribution in [2.75, 3.05) is 6.61 Å². The molecule has 6 heteroatoms. The van der Waals surface area contributed by atoms with Gasteiger partial charge in [0, 0.05) is 13.0 Å². The fraction of sp³-hybridized carbons (Fsp3) is 0.276. The second-order valence-electron chi connectivity index (χ2n) is 10.1. The Morgan fingerprint density at radius 2 is 1.43 bits per heavy atom. The Kier molecular flexibility index (Phi) is 7.14. The number of rotatable bonds is 8. The molecule has 0 fully saturated rings. The molecule has 1 aromatic heterocycles. The SMILES string of the molecule is Cc1ccc(Cn2c(O)c(CCO[Si](c3ccccc3)(c3ccccc3)C(C)(C)C)[nH]c2=O)cc1. The molecule has 0 aliphatic heterocycles. The van der Waals surface area contributed by atoms with Crippen molar-refractivity contribution in [3.05, 3.63) is 112 Å². The van der Waals surface area contributed by atoms with Crippen LogP contribution in [0.15, 0.2) is 89.7 Å². The average Bonchev–Trinajstić information content (AvgIpc) is 3.11. The highest BCUT2D eigenvalue weighted by molar-refractivity contribution is 6.99. The van der Waals surface area contributed by atoms with Crippen LogP contribution in [-0.4, -0.2) is 29.6 Å². The molecule has 3 aromatic carbocycles. The second kappa shape index (κ2) is 10.1. The molecule has 4 aromatic rings. The summed E-state index contributed by atoms with van der Waals surface area (Å²) in [6.07, 6.45) is 0.409. The number of nitrogens with zero attached hydrogens (tertiary/aromatic N) is 1. The van der Waals surface area contributed by atoms with E-state index in [0.29, 0.717) is 25.3 Å². The molecule has 0 atom stereocenters. The monoisotopic (exact) mass is 486 g/mol. The second-order valence-corrected chi connectivity index (χ2v) is 14.4. The number of benzene rings is 3. The number of hydrogen-bond donors (Lipinski definition) is 2. The van der Waals surface area contributed by atoms with Gasteiger partial charge in [0.1, 0.15) is 0 Å². The molecule has 0 amide bonds. The molecule has 0 aliphatic rings. The van der Waals surface area contributed by atoms with Gasteiger partial charge in [0.2, 0.25) is 5.88 Å². The van der Waals surface area contributed by atoms with E-state index >= 15 is 0 Å². The summed E-state index contributed by atoms with van der Waals surface area (Å²) in [4.78, 5) is 15.5. The molecular weight excluding hydrogens is 452 g/mol. The highest BCUT2D eigenvalue weighted by Gasteiger charge is 2.50. The van der Waals surface area contributed by atoms with Crippen molar-refractivity contribution in [1.82, 2.24) is 9.55 Å². The molecule has 2 N–H and O–H groups in total. The van der Waals surface area contributed by atoms with E-state index in [4.69, 9.17) is 4.43 Å². The van der Waals surface area contributed by atoms with Gasteiger partial charge < -0.3 is 14.5 Å². The van der Waals surface area contributed by atoms with E-state index < -0.39 is 8.32 Å². The van der Waals surface area contributed by atoms with Crippen LogP contribution in [0, 0.1) is 6.92 Å². The van der Waals surface area contributed by atoms with Crippen LogP contribution < -0.4 is 16.1 Å². The third-order valence-electron chi connectivity index (χ3n) is 6.58. The maximum absolute atomic E-state index is 12.6. The fourth-order valence-corrected chi connectivity index (χ4v) is 9.34. The van der Waals surface area contributed by atoms with Gasteiger partial charge in [0.25, 0.3) is 8.32 Å². The van der Waals surface area contributed by atoms with E-state index in [2.05, 4.69) is 74.3 Å². The van der Waals surface area contributed by atoms with Crippen LogP contribution in [0.3, 0.4) is 0 Å². The first-order valence-electron chi connectivity index (χ1n) is 12.0. The third kappa shape index (κ3) is 5.04. The summed E-state index contributed by atoms with van der Waals surface area (Å²) >= 11 is 0. The molecule has 0 spiro atoms. The van der Waals surface area contributed by atoms with Crippen molar-refractivity contribution >= 4 is 18.7 Å². The van der Waals surface area contributed by atoms with Gasteiger partial charge in [0.05, 0.1) is 12.2 Å². The zero-order valence-electron chi connectivity index (χ0n) is 20.9. The van der Waals surface area contributed by atoms with Crippen LogP contribution in [0.4, 0.5) is 0 Å². The summed E-state index contributed by atoms with van der Waals surface area (Å²) in [5, 5.41) is 13.1. The maximum Gasteiger partial charge on any atom is 0.328 e. The Bertz CT molecular complexity index is 1260. The van der Waals surface area contributed by atoms with Crippen LogP contribution in [0.25, 0.3) is 0 Å². The summed E-state index contributed by atoms with van der Waals surface area (Å²) in [5.74, 6) is -0.0263. The van der Waals surface area contributed by atoms with Gasteiger partial charge in [-0.25, -0.2) is 4.79 Å². The molecule has 5 nitrogen and oxygen atoms in total. The lowest BCUT2D eigenvalue weighted by Crippen LogP contribution is -2.66. The van der Waals surface area contributed by atoms with Crippen molar-refractivity contribution in [2.24, 2.45) is 0 Å². The predicted molar refractivity (Wildman–Crippen MR) is 144 cm³/mol.